The lowest BCUT2D eigenvalue weighted by Gasteiger charge is -2.05. The molecule has 0 fully saturated rings. The summed E-state index contributed by atoms with van der Waals surface area (Å²) in [6.07, 6.45) is 3.35. The van der Waals surface area contributed by atoms with Gasteiger partial charge >= 0.3 is 5.97 Å². The molecule has 0 aromatic heterocycles. The van der Waals surface area contributed by atoms with Gasteiger partial charge in [0.05, 0.1) is 0 Å². The third-order valence-electron chi connectivity index (χ3n) is 1.87. The van der Waals surface area contributed by atoms with E-state index in [2.05, 4.69) is 11.9 Å². The van der Waals surface area contributed by atoms with Crippen LogP contribution in [0.4, 0.5) is 5.69 Å². The number of carbonyl (C=O) groups excluding carboxylic acids is 1. The van der Waals surface area contributed by atoms with Crippen LogP contribution >= 0.6 is 0 Å². The molecule has 0 aliphatic rings. The van der Waals surface area contributed by atoms with Crippen molar-refractivity contribution in [3.8, 4) is 5.75 Å². The van der Waals surface area contributed by atoms with Gasteiger partial charge in [0, 0.05) is 17.8 Å². The second-order valence-electron chi connectivity index (χ2n) is 3.28. The van der Waals surface area contributed by atoms with E-state index in [9.17, 15) is 9.59 Å². The molecule has 5 nitrogen and oxygen atoms in total. The molecule has 0 saturated carbocycles. The molecule has 5 heteroatoms. The highest BCUT2D eigenvalue weighted by Crippen LogP contribution is 2.15. The Kier molecular flexibility index (Phi) is 5.18. The van der Waals surface area contributed by atoms with Crippen molar-refractivity contribution in [2.75, 3.05) is 11.9 Å². The maximum Gasteiger partial charge on any atom is 0.328 e. The van der Waals surface area contributed by atoms with Crippen LogP contribution in [0, 0.1) is 0 Å². The molecule has 1 aromatic rings. The molecule has 1 amide bonds. The number of carboxylic acids is 1. The van der Waals surface area contributed by atoms with Gasteiger partial charge in [-0.15, -0.1) is 0 Å². The van der Waals surface area contributed by atoms with Gasteiger partial charge in [-0.1, -0.05) is 12.7 Å². The first-order chi connectivity index (χ1) is 8.61. The summed E-state index contributed by atoms with van der Waals surface area (Å²) in [6.45, 7) is 3.94. The summed E-state index contributed by atoms with van der Waals surface area (Å²) in [5.74, 6) is -1.01. The van der Waals surface area contributed by atoms with Crippen molar-refractivity contribution in [3.63, 3.8) is 0 Å². The number of ether oxygens (including phenoxy) is 1. The average molecular weight is 247 g/mol. The lowest BCUT2D eigenvalue weighted by Crippen LogP contribution is -2.08. The molecule has 0 aliphatic heterocycles. The Hall–Kier alpha value is -2.56. The minimum absolute atomic E-state index is 0.410. The van der Waals surface area contributed by atoms with Gasteiger partial charge in [-0.2, -0.15) is 0 Å². The van der Waals surface area contributed by atoms with Gasteiger partial charge in [0.1, 0.15) is 12.4 Å². The van der Waals surface area contributed by atoms with Crippen molar-refractivity contribution in [2.24, 2.45) is 0 Å². The van der Waals surface area contributed by atoms with Gasteiger partial charge in [-0.05, 0) is 24.3 Å². The fourth-order valence-electron chi connectivity index (χ4n) is 1.12. The van der Waals surface area contributed by atoms with Crippen LogP contribution in [0.15, 0.2) is 49.1 Å². The smallest absolute Gasteiger partial charge is 0.328 e. The highest BCUT2D eigenvalue weighted by Gasteiger charge is 1.99. The molecule has 18 heavy (non-hydrogen) atoms. The van der Waals surface area contributed by atoms with Crippen LogP contribution in [0.3, 0.4) is 0 Å². The largest absolute Gasteiger partial charge is 0.490 e. The van der Waals surface area contributed by atoms with E-state index >= 15 is 0 Å². The summed E-state index contributed by atoms with van der Waals surface area (Å²) >= 11 is 0. The monoisotopic (exact) mass is 247 g/mol. The zero-order valence-corrected chi connectivity index (χ0v) is 9.63. The Morgan fingerprint density at radius 3 is 2.50 bits per heavy atom. The van der Waals surface area contributed by atoms with Crippen LogP contribution in [0.25, 0.3) is 0 Å². The molecule has 0 unspecified atom stereocenters. The van der Waals surface area contributed by atoms with Crippen LogP contribution in [0.5, 0.6) is 5.75 Å². The van der Waals surface area contributed by atoms with Gasteiger partial charge in [-0.25, -0.2) is 4.79 Å². The lowest BCUT2D eigenvalue weighted by atomic mass is 10.3. The van der Waals surface area contributed by atoms with Crippen LogP contribution < -0.4 is 10.1 Å². The van der Waals surface area contributed by atoms with Gasteiger partial charge < -0.3 is 15.2 Å². The predicted molar refractivity (Wildman–Crippen MR) is 67.5 cm³/mol. The minimum Gasteiger partial charge on any atom is -0.490 e. The average Bonchev–Trinajstić information content (AvgIpc) is 2.35. The Morgan fingerprint density at radius 2 is 1.94 bits per heavy atom. The molecule has 2 N–H and O–H groups in total. The van der Waals surface area contributed by atoms with Crippen molar-refractivity contribution in [1.82, 2.24) is 0 Å². The Bertz CT molecular complexity index is 462. The number of hydrogen-bond acceptors (Lipinski definition) is 3. The number of nitrogens with one attached hydrogen (secondary N) is 1. The van der Waals surface area contributed by atoms with Gasteiger partial charge in [0.15, 0.2) is 0 Å². The topological polar surface area (TPSA) is 75.6 Å². The van der Waals surface area contributed by atoms with Gasteiger partial charge in [0.25, 0.3) is 0 Å². The second kappa shape index (κ2) is 6.90. The number of anilines is 1. The molecular formula is C13H13NO4. The maximum atomic E-state index is 11.3. The van der Waals surface area contributed by atoms with Crippen molar-refractivity contribution in [2.45, 2.75) is 0 Å². The van der Waals surface area contributed by atoms with E-state index in [1.54, 1.807) is 30.3 Å². The quantitative estimate of drug-likeness (QED) is 0.594. The standard InChI is InChI=1S/C13H13NO4/c1-2-9-18-11-5-3-10(4-6-11)14-12(15)7-8-13(16)17/h2-8H,1,9H2,(H,14,15)(H,16,17)/b8-7+. The number of hydrogen-bond donors (Lipinski definition) is 2. The van der Waals surface area contributed by atoms with E-state index in [0.717, 1.165) is 12.2 Å². The first-order valence-corrected chi connectivity index (χ1v) is 5.17. The predicted octanol–water partition coefficient (Wildman–Crippen LogP) is 1.83. The van der Waals surface area contributed by atoms with E-state index in [1.807, 2.05) is 0 Å². The summed E-state index contributed by atoms with van der Waals surface area (Å²) in [5.41, 5.74) is 0.556. The Labute approximate surface area is 104 Å². The Morgan fingerprint density at radius 1 is 1.28 bits per heavy atom. The highest BCUT2D eigenvalue weighted by atomic mass is 16.5. The zero-order valence-electron chi connectivity index (χ0n) is 9.63. The normalized spacial score (nSPS) is 10.0. The van der Waals surface area contributed by atoms with E-state index in [-0.39, 0.29) is 0 Å². The summed E-state index contributed by atoms with van der Waals surface area (Å²) in [4.78, 5) is 21.5. The fourth-order valence-corrected chi connectivity index (χ4v) is 1.12. The molecule has 0 radical (unpaired) electrons. The van der Waals surface area contributed by atoms with Gasteiger partial charge in [0.2, 0.25) is 5.91 Å². The molecule has 1 aromatic carbocycles. The number of benzene rings is 1. The van der Waals surface area contributed by atoms with E-state index in [4.69, 9.17) is 9.84 Å². The zero-order chi connectivity index (χ0) is 13.4. The molecule has 0 atom stereocenters. The van der Waals surface area contributed by atoms with Gasteiger partial charge in [-0.3, -0.25) is 4.79 Å². The first-order valence-electron chi connectivity index (χ1n) is 5.17. The third kappa shape index (κ3) is 4.98. The number of aliphatic carboxylic acids is 1. The molecule has 0 heterocycles. The fraction of sp³-hybridized carbons (Fsp3) is 0.0769. The van der Waals surface area contributed by atoms with E-state index < -0.39 is 11.9 Å². The SMILES string of the molecule is C=CCOc1ccc(NC(=O)/C=C/C(=O)O)cc1. The second-order valence-corrected chi connectivity index (χ2v) is 3.28. The van der Waals surface area contributed by atoms with Crippen molar-refractivity contribution < 1.29 is 19.4 Å². The number of carboxylic acid groups (broad SMARTS) is 1. The van der Waals surface area contributed by atoms with E-state index in [0.29, 0.717) is 18.0 Å². The highest BCUT2D eigenvalue weighted by molar-refractivity contribution is 6.02. The molecular weight excluding hydrogens is 234 g/mol. The lowest BCUT2D eigenvalue weighted by molar-refractivity contribution is -0.131. The Balaban J connectivity index is 2.55. The van der Waals surface area contributed by atoms with Crippen LogP contribution in [0.2, 0.25) is 0 Å². The maximum absolute atomic E-state index is 11.3. The summed E-state index contributed by atoms with van der Waals surface area (Å²) in [5, 5.41) is 10.9. The molecule has 0 aliphatic carbocycles. The van der Waals surface area contributed by atoms with Crippen molar-refractivity contribution in [3.05, 3.63) is 49.1 Å². The molecule has 0 bridgehead atoms. The number of carbonyl (C=O) groups is 2. The molecule has 94 valence electrons. The van der Waals surface area contributed by atoms with Crippen molar-refractivity contribution in [1.29, 1.82) is 0 Å². The number of rotatable bonds is 6. The van der Waals surface area contributed by atoms with Crippen LogP contribution in [-0.2, 0) is 9.59 Å². The van der Waals surface area contributed by atoms with Crippen LogP contribution in [0.1, 0.15) is 0 Å². The molecule has 0 saturated heterocycles. The first kappa shape index (κ1) is 13.5. The number of amides is 1. The third-order valence-corrected chi connectivity index (χ3v) is 1.87. The summed E-state index contributed by atoms with van der Waals surface area (Å²) < 4.78 is 5.27. The van der Waals surface area contributed by atoms with Crippen LogP contribution in [-0.4, -0.2) is 23.6 Å². The summed E-state index contributed by atoms with van der Waals surface area (Å²) in [6, 6.07) is 6.70. The molecule has 1 rings (SSSR count). The molecule has 0 spiro atoms. The minimum atomic E-state index is -1.17. The van der Waals surface area contributed by atoms with Crippen molar-refractivity contribution >= 4 is 17.6 Å². The summed E-state index contributed by atoms with van der Waals surface area (Å²) in [7, 11) is 0. The van der Waals surface area contributed by atoms with E-state index in [1.165, 1.54) is 0 Å².